The fourth-order valence-electron chi connectivity index (χ4n) is 1.74. The number of nitrogens with one attached hydrogen (secondary N) is 1. The van der Waals surface area contributed by atoms with Gasteiger partial charge >= 0.3 is 0 Å². The highest BCUT2D eigenvalue weighted by atomic mass is 19.1. The highest BCUT2D eigenvalue weighted by molar-refractivity contribution is 5.99. The van der Waals surface area contributed by atoms with Crippen molar-refractivity contribution in [2.45, 2.75) is 13.5 Å². The predicted molar refractivity (Wildman–Crippen MR) is 70.2 cm³/mol. The Kier molecular flexibility index (Phi) is 3.72. The molecular formula is C15H14FNO. The monoisotopic (exact) mass is 243 g/mol. The second-order valence-corrected chi connectivity index (χ2v) is 4.08. The van der Waals surface area contributed by atoms with E-state index in [0.29, 0.717) is 12.1 Å². The van der Waals surface area contributed by atoms with Gasteiger partial charge in [0, 0.05) is 17.8 Å². The lowest BCUT2D eigenvalue weighted by Crippen LogP contribution is -2.04. The molecule has 0 unspecified atom stereocenters. The fourth-order valence-corrected chi connectivity index (χ4v) is 1.74. The van der Waals surface area contributed by atoms with Crippen LogP contribution in [0.4, 0.5) is 10.1 Å². The molecule has 0 aromatic heterocycles. The third kappa shape index (κ3) is 2.94. The molecule has 0 saturated carbocycles. The molecule has 2 nitrogen and oxygen atoms in total. The number of hydrogen-bond acceptors (Lipinski definition) is 2. The van der Waals surface area contributed by atoms with Crippen LogP contribution in [0.2, 0.25) is 0 Å². The summed E-state index contributed by atoms with van der Waals surface area (Å²) in [5.41, 5.74) is 2.43. The Labute approximate surface area is 105 Å². The van der Waals surface area contributed by atoms with Crippen LogP contribution in [0, 0.1) is 5.82 Å². The van der Waals surface area contributed by atoms with Crippen LogP contribution < -0.4 is 5.32 Å². The Bertz CT molecular complexity index is 549. The van der Waals surface area contributed by atoms with Crippen LogP contribution in [-0.2, 0) is 6.54 Å². The molecule has 0 amide bonds. The zero-order valence-electron chi connectivity index (χ0n) is 10.1. The van der Waals surface area contributed by atoms with Gasteiger partial charge in [-0.05, 0) is 36.8 Å². The lowest BCUT2D eigenvalue weighted by molar-refractivity contribution is 0.101. The second-order valence-electron chi connectivity index (χ2n) is 4.08. The van der Waals surface area contributed by atoms with Crippen molar-refractivity contribution in [1.29, 1.82) is 0 Å². The van der Waals surface area contributed by atoms with Crippen molar-refractivity contribution in [1.82, 2.24) is 0 Å². The van der Waals surface area contributed by atoms with Crippen molar-refractivity contribution >= 4 is 11.5 Å². The summed E-state index contributed by atoms with van der Waals surface area (Å²) < 4.78 is 12.8. The van der Waals surface area contributed by atoms with E-state index in [1.54, 1.807) is 25.1 Å². The maximum absolute atomic E-state index is 12.8. The van der Waals surface area contributed by atoms with Crippen molar-refractivity contribution in [2.75, 3.05) is 5.32 Å². The number of ketones is 1. The first-order chi connectivity index (χ1) is 8.66. The van der Waals surface area contributed by atoms with Crippen LogP contribution >= 0.6 is 0 Å². The highest BCUT2D eigenvalue weighted by Gasteiger charge is 2.05. The molecule has 2 aromatic carbocycles. The number of hydrogen-bond donors (Lipinski definition) is 1. The van der Waals surface area contributed by atoms with E-state index < -0.39 is 0 Å². The lowest BCUT2D eigenvalue weighted by atomic mass is 10.1. The number of carbonyl (C=O) groups excluding carboxylic acids is 1. The quantitative estimate of drug-likeness (QED) is 0.830. The topological polar surface area (TPSA) is 29.1 Å². The van der Waals surface area contributed by atoms with Crippen LogP contribution in [0.3, 0.4) is 0 Å². The zero-order valence-corrected chi connectivity index (χ0v) is 10.1. The molecule has 2 rings (SSSR count). The third-order valence-electron chi connectivity index (χ3n) is 2.70. The average Bonchev–Trinajstić information content (AvgIpc) is 2.38. The summed E-state index contributed by atoms with van der Waals surface area (Å²) in [6, 6.07) is 13.6. The van der Waals surface area contributed by atoms with Crippen molar-refractivity contribution in [3.63, 3.8) is 0 Å². The van der Waals surface area contributed by atoms with E-state index in [9.17, 15) is 9.18 Å². The van der Waals surface area contributed by atoms with Gasteiger partial charge in [-0.25, -0.2) is 4.39 Å². The molecule has 2 aromatic rings. The molecule has 18 heavy (non-hydrogen) atoms. The van der Waals surface area contributed by atoms with Crippen molar-refractivity contribution in [2.24, 2.45) is 0 Å². The largest absolute Gasteiger partial charge is 0.380 e. The molecule has 0 heterocycles. The standard InChI is InChI=1S/C15H14FNO/c1-11(18)14-4-2-3-5-15(14)17-10-12-6-8-13(16)9-7-12/h2-9,17H,10H2,1H3. The molecule has 0 bridgehead atoms. The number of rotatable bonds is 4. The minimum absolute atomic E-state index is 0.0252. The van der Waals surface area contributed by atoms with Gasteiger partial charge in [-0.3, -0.25) is 4.79 Å². The summed E-state index contributed by atoms with van der Waals surface area (Å²) >= 11 is 0. The molecule has 0 saturated heterocycles. The molecule has 3 heteroatoms. The summed E-state index contributed by atoms with van der Waals surface area (Å²) in [6.45, 7) is 2.10. The van der Waals surface area contributed by atoms with E-state index in [0.717, 1.165) is 11.3 Å². The smallest absolute Gasteiger partial charge is 0.161 e. The third-order valence-corrected chi connectivity index (χ3v) is 2.70. The zero-order chi connectivity index (χ0) is 13.0. The average molecular weight is 243 g/mol. The van der Waals surface area contributed by atoms with Crippen LogP contribution in [0.5, 0.6) is 0 Å². The molecule has 0 aliphatic heterocycles. The number of anilines is 1. The van der Waals surface area contributed by atoms with E-state index in [1.165, 1.54) is 12.1 Å². The number of benzene rings is 2. The minimum Gasteiger partial charge on any atom is -0.380 e. The van der Waals surface area contributed by atoms with Gasteiger partial charge in [0.15, 0.2) is 5.78 Å². The maximum Gasteiger partial charge on any atom is 0.161 e. The summed E-state index contributed by atoms with van der Waals surface area (Å²) in [6.07, 6.45) is 0. The van der Waals surface area contributed by atoms with Gasteiger partial charge in [-0.1, -0.05) is 24.3 Å². The first kappa shape index (κ1) is 12.3. The molecule has 0 fully saturated rings. The van der Waals surface area contributed by atoms with E-state index in [-0.39, 0.29) is 11.6 Å². The van der Waals surface area contributed by atoms with E-state index in [2.05, 4.69) is 5.32 Å². The van der Waals surface area contributed by atoms with Crippen LogP contribution in [-0.4, -0.2) is 5.78 Å². The van der Waals surface area contributed by atoms with Crippen LogP contribution in [0.25, 0.3) is 0 Å². The summed E-state index contributed by atoms with van der Waals surface area (Å²) in [7, 11) is 0. The second kappa shape index (κ2) is 5.45. The lowest BCUT2D eigenvalue weighted by Gasteiger charge is -2.10. The highest BCUT2D eigenvalue weighted by Crippen LogP contribution is 2.16. The molecule has 0 spiro atoms. The Hall–Kier alpha value is -2.16. The normalized spacial score (nSPS) is 10.1. The van der Waals surface area contributed by atoms with Gasteiger partial charge in [0.05, 0.1) is 0 Å². The SMILES string of the molecule is CC(=O)c1ccccc1NCc1ccc(F)cc1. The first-order valence-corrected chi connectivity index (χ1v) is 5.75. The van der Waals surface area contributed by atoms with Gasteiger partial charge in [0.1, 0.15) is 5.82 Å². The van der Waals surface area contributed by atoms with Gasteiger partial charge in [-0.15, -0.1) is 0 Å². The fraction of sp³-hybridized carbons (Fsp3) is 0.133. The van der Waals surface area contributed by atoms with Crippen LogP contribution in [0.1, 0.15) is 22.8 Å². The predicted octanol–water partition coefficient (Wildman–Crippen LogP) is 3.64. The number of halogens is 1. The number of Topliss-reactive ketones (excluding diaryl/α,β-unsaturated/α-hetero) is 1. The maximum atomic E-state index is 12.8. The Morgan fingerprint density at radius 3 is 2.44 bits per heavy atom. The molecule has 0 radical (unpaired) electrons. The molecule has 0 aliphatic carbocycles. The van der Waals surface area contributed by atoms with Crippen LogP contribution in [0.15, 0.2) is 48.5 Å². The summed E-state index contributed by atoms with van der Waals surface area (Å²) in [4.78, 5) is 11.4. The summed E-state index contributed by atoms with van der Waals surface area (Å²) in [5.74, 6) is -0.222. The Balaban J connectivity index is 2.10. The van der Waals surface area contributed by atoms with E-state index >= 15 is 0 Å². The molecule has 0 aliphatic rings. The van der Waals surface area contributed by atoms with E-state index in [4.69, 9.17) is 0 Å². The van der Waals surface area contributed by atoms with Crippen molar-refractivity contribution in [3.8, 4) is 0 Å². The van der Waals surface area contributed by atoms with Gasteiger partial charge < -0.3 is 5.32 Å². The molecular weight excluding hydrogens is 229 g/mol. The Morgan fingerprint density at radius 2 is 1.78 bits per heavy atom. The van der Waals surface area contributed by atoms with Gasteiger partial charge in [0.25, 0.3) is 0 Å². The van der Waals surface area contributed by atoms with Crippen molar-refractivity contribution < 1.29 is 9.18 Å². The number of para-hydroxylation sites is 1. The molecule has 0 atom stereocenters. The van der Waals surface area contributed by atoms with Crippen molar-refractivity contribution in [3.05, 3.63) is 65.5 Å². The minimum atomic E-state index is -0.247. The summed E-state index contributed by atoms with van der Waals surface area (Å²) in [5, 5.41) is 3.19. The van der Waals surface area contributed by atoms with E-state index in [1.807, 2.05) is 18.2 Å². The Morgan fingerprint density at radius 1 is 1.11 bits per heavy atom. The number of carbonyl (C=O) groups is 1. The molecule has 92 valence electrons. The molecule has 1 N–H and O–H groups in total. The van der Waals surface area contributed by atoms with Gasteiger partial charge in [-0.2, -0.15) is 0 Å². The first-order valence-electron chi connectivity index (χ1n) is 5.75. The van der Waals surface area contributed by atoms with Gasteiger partial charge in [0.2, 0.25) is 0 Å².